The van der Waals surface area contributed by atoms with Crippen LogP contribution in [0.5, 0.6) is 0 Å². The number of rotatable bonds is 4. The molecule has 22 heavy (non-hydrogen) atoms. The number of aromatic nitrogens is 1. The molecule has 1 aromatic carbocycles. The van der Waals surface area contributed by atoms with Crippen LogP contribution in [0.4, 0.5) is 10.1 Å². The Morgan fingerprint density at radius 1 is 1.45 bits per heavy atom. The Morgan fingerprint density at radius 3 is 2.68 bits per heavy atom. The Labute approximate surface area is 141 Å². The van der Waals surface area contributed by atoms with E-state index in [1.807, 2.05) is 28.9 Å². The zero-order valence-corrected chi connectivity index (χ0v) is 14.5. The zero-order valence-electron chi connectivity index (χ0n) is 12.3. The highest BCUT2D eigenvalue weighted by atomic mass is 127. The fourth-order valence-corrected chi connectivity index (χ4v) is 2.85. The average Bonchev–Trinajstić information content (AvgIpc) is 2.79. The Kier molecular flexibility index (Phi) is 4.71. The van der Waals surface area contributed by atoms with E-state index in [4.69, 9.17) is 5.26 Å². The summed E-state index contributed by atoms with van der Waals surface area (Å²) in [6.07, 6.45) is 1.47. The van der Waals surface area contributed by atoms with Crippen molar-refractivity contribution in [1.82, 2.24) is 7.68 Å². The molecule has 2 aromatic rings. The number of nitrogens with zero attached hydrogens (tertiary/aromatic N) is 3. The summed E-state index contributed by atoms with van der Waals surface area (Å²) in [5, 5.41) is 12.5. The number of fused-ring (bicyclic) bond motifs is 1. The quantitative estimate of drug-likeness (QED) is 0.363. The number of carbonyl (C=O) groups excluding carboxylic acids is 1. The highest BCUT2D eigenvalue weighted by molar-refractivity contribution is 14.1. The predicted octanol–water partition coefficient (Wildman–Crippen LogP) is 3.17. The third-order valence-corrected chi connectivity index (χ3v) is 4.13. The lowest BCUT2D eigenvalue weighted by Gasteiger charge is -2.06. The second kappa shape index (κ2) is 6.36. The molecule has 0 aliphatic carbocycles. The SMILES string of the molecule is CNc1cc2c(cc1F)cc(C(=O)/C(C#N)=C/N(C)C)n2I. The van der Waals surface area contributed by atoms with Gasteiger partial charge < -0.3 is 10.2 Å². The number of benzene rings is 1. The lowest BCUT2D eigenvalue weighted by molar-refractivity contribution is 0.103. The minimum Gasteiger partial charge on any atom is -0.386 e. The van der Waals surface area contributed by atoms with Gasteiger partial charge in [-0.1, -0.05) is 0 Å². The molecule has 1 heterocycles. The normalized spacial score (nSPS) is 11.4. The van der Waals surface area contributed by atoms with Crippen molar-refractivity contribution in [2.45, 2.75) is 0 Å². The molecule has 0 saturated heterocycles. The molecule has 0 aliphatic heterocycles. The minimum absolute atomic E-state index is 0.0278. The summed E-state index contributed by atoms with van der Waals surface area (Å²) < 4.78 is 15.5. The van der Waals surface area contributed by atoms with Gasteiger partial charge in [0.1, 0.15) is 23.2 Å². The van der Waals surface area contributed by atoms with E-state index in [-0.39, 0.29) is 11.4 Å². The van der Waals surface area contributed by atoms with E-state index >= 15 is 0 Å². The first kappa shape index (κ1) is 16.3. The summed E-state index contributed by atoms with van der Waals surface area (Å²) in [6.45, 7) is 0. The van der Waals surface area contributed by atoms with Gasteiger partial charge in [-0.25, -0.2) is 4.39 Å². The predicted molar refractivity (Wildman–Crippen MR) is 92.6 cm³/mol. The molecule has 0 spiro atoms. The molecule has 0 saturated carbocycles. The van der Waals surface area contributed by atoms with Crippen LogP contribution in [-0.2, 0) is 0 Å². The molecule has 0 radical (unpaired) electrons. The van der Waals surface area contributed by atoms with Crippen molar-refractivity contribution < 1.29 is 9.18 Å². The molecule has 1 aromatic heterocycles. The van der Waals surface area contributed by atoms with Crippen molar-refractivity contribution in [3.63, 3.8) is 0 Å². The molecule has 0 bridgehead atoms. The van der Waals surface area contributed by atoms with Gasteiger partial charge in [0.2, 0.25) is 5.78 Å². The summed E-state index contributed by atoms with van der Waals surface area (Å²) in [5.41, 5.74) is 1.42. The molecule has 114 valence electrons. The second-order valence-corrected chi connectivity index (χ2v) is 5.86. The summed E-state index contributed by atoms with van der Waals surface area (Å²) in [7, 11) is 5.10. The van der Waals surface area contributed by atoms with Crippen molar-refractivity contribution in [3.8, 4) is 6.07 Å². The van der Waals surface area contributed by atoms with E-state index in [1.165, 1.54) is 12.3 Å². The van der Waals surface area contributed by atoms with Crippen molar-refractivity contribution in [2.75, 3.05) is 26.5 Å². The second-order valence-electron chi connectivity index (χ2n) is 4.90. The first-order valence-electron chi connectivity index (χ1n) is 6.41. The van der Waals surface area contributed by atoms with Gasteiger partial charge in [-0.05, 0) is 18.2 Å². The van der Waals surface area contributed by atoms with Crippen molar-refractivity contribution in [1.29, 1.82) is 5.26 Å². The van der Waals surface area contributed by atoms with Crippen LogP contribution in [0.2, 0.25) is 0 Å². The molecule has 1 N–H and O–H groups in total. The fourth-order valence-electron chi connectivity index (χ4n) is 2.08. The number of Topliss-reactive ketones (excluding diaryl/α,β-unsaturated/α-hetero) is 1. The van der Waals surface area contributed by atoms with Crippen LogP contribution in [-0.4, -0.2) is 34.6 Å². The van der Waals surface area contributed by atoms with Crippen molar-refractivity contribution in [3.05, 3.63) is 41.5 Å². The minimum atomic E-state index is -0.395. The number of hydrogen-bond donors (Lipinski definition) is 1. The van der Waals surface area contributed by atoms with Gasteiger partial charge in [0.05, 0.1) is 34.1 Å². The monoisotopic (exact) mass is 412 g/mol. The number of anilines is 1. The fraction of sp³-hybridized carbons (Fsp3) is 0.200. The maximum absolute atomic E-state index is 13.8. The molecule has 5 nitrogen and oxygen atoms in total. The molecule has 0 atom stereocenters. The molecule has 0 aliphatic rings. The zero-order chi connectivity index (χ0) is 16.4. The Bertz CT molecular complexity index is 817. The summed E-state index contributed by atoms with van der Waals surface area (Å²) in [6, 6.07) is 6.50. The Morgan fingerprint density at radius 2 is 2.14 bits per heavy atom. The van der Waals surface area contributed by atoms with Crippen LogP contribution < -0.4 is 5.32 Å². The van der Waals surface area contributed by atoms with E-state index in [2.05, 4.69) is 5.32 Å². The van der Waals surface area contributed by atoms with Crippen molar-refractivity contribution in [2.24, 2.45) is 0 Å². The standard InChI is InChI=1S/C15H14FIN4O/c1-19-12-6-13-9(4-11(12)16)5-14(21(13)17)15(22)10(7-18)8-20(2)3/h4-6,8,19H,1-3H3/b10-8+. The summed E-state index contributed by atoms with van der Waals surface area (Å²) >= 11 is 1.97. The summed E-state index contributed by atoms with van der Waals surface area (Å²) in [5.74, 6) is -0.784. The third-order valence-electron chi connectivity index (χ3n) is 3.09. The van der Waals surface area contributed by atoms with Crippen LogP contribution in [0.15, 0.2) is 30.0 Å². The summed E-state index contributed by atoms with van der Waals surface area (Å²) in [4.78, 5) is 14.1. The Balaban J connectivity index is 2.60. The van der Waals surface area contributed by atoms with E-state index in [0.717, 1.165) is 0 Å². The number of ketones is 1. The average molecular weight is 412 g/mol. The van der Waals surface area contributed by atoms with Gasteiger partial charge in [-0.15, -0.1) is 0 Å². The first-order valence-corrected chi connectivity index (χ1v) is 7.37. The van der Waals surface area contributed by atoms with Crippen LogP contribution in [0, 0.1) is 17.1 Å². The number of hydrogen-bond acceptors (Lipinski definition) is 4. The third kappa shape index (κ3) is 2.92. The number of halogens is 2. The molecule has 0 unspecified atom stereocenters. The van der Waals surface area contributed by atoms with Crippen LogP contribution in [0.3, 0.4) is 0 Å². The van der Waals surface area contributed by atoms with Gasteiger partial charge >= 0.3 is 0 Å². The highest BCUT2D eigenvalue weighted by Gasteiger charge is 2.19. The van der Waals surface area contributed by atoms with Gasteiger partial charge in [0.25, 0.3) is 0 Å². The van der Waals surface area contributed by atoms with Gasteiger partial charge in [-0.3, -0.25) is 7.58 Å². The highest BCUT2D eigenvalue weighted by Crippen LogP contribution is 2.29. The van der Waals surface area contributed by atoms with E-state index in [0.29, 0.717) is 22.3 Å². The van der Waals surface area contributed by atoms with E-state index < -0.39 is 5.78 Å². The maximum Gasteiger partial charge on any atom is 0.222 e. The number of nitrogens with one attached hydrogen (secondary N) is 1. The molecule has 0 fully saturated rings. The molecule has 2 rings (SSSR count). The number of allylic oxidation sites excluding steroid dienone is 1. The topological polar surface area (TPSA) is 61.1 Å². The molecule has 0 amide bonds. The lowest BCUT2D eigenvalue weighted by Crippen LogP contribution is -2.10. The van der Waals surface area contributed by atoms with Crippen molar-refractivity contribution >= 4 is 45.2 Å². The molecular weight excluding hydrogens is 398 g/mol. The van der Waals surface area contributed by atoms with E-state index in [1.54, 1.807) is 41.0 Å². The smallest absolute Gasteiger partial charge is 0.222 e. The molecule has 7 heteroatoms. The van der Waals surface area contributed by atoms with Crippen LogP contribution in [0.1, 0.15) is 10.5 Å². The first-order chi connectivity index (χ1) is 10.4. The van der Waals surface area contributed by atoms with Gasteiger partial charge in [0.15, 0.2) is 0 Å². The maximum atomic E-state index is 13.8. The van der Waals surface area contributed by atoms with Crippen LogP contribution >= 0.6 is 22.9 Å². The molecular formula is C15H14FIN4O. The lowest BCUT2D eigenvalue weighted by atomic mass is 10.1. The number of nitriles is 1. The number of carbonyl (C=O) groups is 1. The van der Waals surface area contributed by atoms with E-state index in [9.17, 15) is 9.18 Å². The van der Waals surface area contributed by atoms with Gasteiger partial charge in [0, 0.05) is 32.7 Å². The Hall–Kier alpha value is -2.08. The van der Waals surface area contributed by atoms with Crippen LogP contribution in [0.25, 0.3) is 10.9 Å². The largest absolute Gasteiger partial charge is 0.386 e. The van der Waals surface area contributed by atoms with Gasteiger partial charge in [-0.2, -0.15) is 5.26 Å².